The van der Waals surface area contributed by atoms with Crippen LogP contribution in [0.15, 0.2) is 24.3 Å². The first-order valence-electron chi connectivity index (χ1n) is 7.64. The van der Waals surface area contributed by atoms with Crippen LogP contribution in [0.4, 0.5) is 0 Å². The Morgan fingerprint density at radius 3 is 2.38 bits per heavy atom. The zero-order valence-corrected chi connectivity index (χ0v) is 15.4. The number of aromatic nitrogens is 3. The van der Waals surface area contributed by atoms with E-state index in [9.17, 15) is 4.79 Å². The molecule has 0 saturated heterocycles. The predicted octanol–water partition coefficient (Wildman–Crippen LogP) is 3.56. The van der Waals surface area contributed by atoms with Gasteiger partial charge in [0.25, 0.3) is 5.91 Å². The van der Waals surface area contributed by atoms with E-state index in [2.05, 4.69) is 20.5 Å². The molecule has 0 aliphatic rings. The number of hydrogen-bond acceptors (Lipinski definition) is 6. The number of rotatable bonds is 5. The van der Waals surface area contributed by atoms with Gasteiger partial charge in [0.2, 0.25) is 0 Å². The summed E-state index contributed by atoms with van der Waals surface area (Å²) in [6.45, 7) is 6.49. The minimum Gasteiger partial charge on any atom is -0.352 e. The second-order valence-corrected chi connectivity index (χ2v) is 7.91. The van der Waals surface area contributed by atoms with Gasteiger partial charge in [-0.15, -0.1) is 32.9 Å². The standard InChI is InChI=1S/C17H18N4OS2/c1-10-16(24-11(2)19-10)13-4-6-14(7-5-13)17(22)18-9-8-15-21-20-12(3)23-15/h4-7H,8-9H2,1-3H3,(H,18,22). The third kappa shape index (κ3) is 3.85. The van der Waals surface area contributed by atoms with Crippen LogP contribution in [-0.2, 0) is 6.42 Å². The van der Waals surface area contributed by atoms with E-state index in [0.717, 1.165) is 31.2 Å². The van der Waals surface area contributed by atoms with Gasteiger partial charge in [-0.25, -0.2) is 4.98 Å². The molecule has 2 heterocycles. The van der Waals surface area contributed by atoms with Gasteiger partial charge < -0.3 is 5.32 Å². The van der Waals surface area contributed by atoms with Gasteiger partial charge in [-0.05, 0) is 38.5 Å². The fourth-order valence-corrected chi connectivity index (χ4v) is 4.03. The van der Waals surface area contributed by atoms with Gasteiger partial charge >= 0.3 is 0 Å². The zero-order chi connectivity index (χ0) is 17.1. The first-order valence-corrected chi connectivity index (χ1v) is 9.28. The molecule has 0 aliphatic carbocycles. The molecule has 7 heteroatoms. The van der Waals surface area contributed by atoms with Crippen molar-refractivity contribution in [1.29, 1.82) is 0 Å². The number of nitrogens with one attached hydrogen (secondary N) is 1. The molecule has 0 spiro atoms. The first kappa shape index (κ1) is 16.7. The van der Waals surface area contributed by atoms with Crippen LogP contribution < -0.4 is 5.32 Å². The number of hydrogen-bond donors (Lipinski definition) is 1. The van der Waals surface area contributed by atoms with E-state index in [1.807, 2.05) is 45.0 Å². The van der Waals surface area contributed by atoms with E-state index in [1.54, 1.807) is 22.7 Å². The van der Waals surface area contributed by atoms with Crippen molar-refractivity contribution in [1.82, 2.24) is 20.5 Å². The zero-order valence-electron chi connectivity index (χ0n) is 13.8. The van der Waals surface area contributed by atoms with Crippen LogP contribution in [0.3, 0.4) is 0 Å². The number of carbonyl (C=O) groups is 1. The Bertz CT molecular complexity index is 852. The largest absolute Gasteiger partial charge is 0.352 e. The molecule has 124 valence electrons. The maximum absolute atomic E-state index is 12.2. The van der Waals surface area contributed by atoms with Crippen molar-refractivity contribution in [2.45, 2.75) is 27.2 Å². The van der Waals surface area contributed by atoms with E-state index in [0.29, 0.717) is 18.5 Å². The van der Waals surface area contributed by atoms with Crippen LogP contribution in [0, 0.1) is 20.8 Å². The molecule has 0 radical (unpaired) electrons. The Morgan fingerprint density at radius 1 is 1.04 bits per heavy atom. The Labute approximate surface area is 148 Å². The lowest BCUT2D eigenvalue weighted by Crippen LogP contribution is -2.25. The van der Waals surface area contributed by atoms with Crippen LogP contribution in [0.5, 0.6) is 0 Å². The average molecular weight is 358 g/mol. The van der Waals surface area contributed by atoms with Gasteiger partial charge in [0.15, 0.2) is 0 Å². The second kappa shape index (κ2) is 7.19. The summed E-state index contributed by atoms with van der Waals surface area (Å²) in [5.41, 5.74) is 2.78. The number of amides is 1. The van der Waals surface area contributed by atoms with Crippen LogP contribution in [0.1, 0.15) is 31.1 Å². The molecular weight excluding hydrogens is 340 g/mol. The molecule has 0 unspecified atom stereocenters. The quantitative estimate of drug-likeness (QED) is 0.757. The topological polar surface area (TPSA) is 67.8 Å². The van der Waals surface area contributed by atoms with Crippen LogP contribution in [0.2, 0.25) is 0 Å². The molecule has 3 aromatic rings. The van der Waals surface area contributed by atoms with Crippen LogP contribution in [0.25, 0.3) is 10.4 Å². The van der Waals surface area contributed by atoms with E-state index in [4.69, 9.17) is 0 Å². The summed E-state index contributed by atoms with van der Waals surface area (Å²) in [6.07, 6.45) is 0.703. The number of nitrogens with zero attached hydrogens (tertiary/aromatic N) is 3. The minimum atomic E-state index is -0.0694. The molecule has 1 amide bonds. The van der Waals surface area contributed by atoms with Gasteiger partial charge in [-0.1, -0.05) is 12.1 Å². The van der Waals surface area contributed by atoms with Gasteiger partial charge in [0.1, 0.15) is 10.0 Å². The molecule has 0 atom stereocenters. The summed E-state index contributed by atoms with van der Waals surface area (Å²) >= 11 is 3.23. The lowest BCUT2D eigenvalue weighted by Gasteiger charge is -2.05. The van der Waals surface area contributed by atoms with Gasteiger partial charge in [-0.3, -0.25) is 4.79 Å². The molecule has 2 aromatic heterocycles. The Hall–Kier alpha value is -2.12. The lowest BCUT2D eigenvalue weighted by atomic mass is 10.1. The maximum atomic E-state index is 12.2. The lowest BCUT2D eigenvalue weighted by molar-refractivity contribution is 0.0954. The Morgan fingerprint density at radius 2 is 1.79 bits per heavy atom. The van der Waals surface area contributed by atoms with Crippen molar-refractivity contribution in [2.75, 3.05) is 6.54 Å². The van der Waals surface area contributed by atoms with Crippen molar-refractivity contribution >= 4 is 28.6 Å². The van der Waals surface area contributed by atoms with E-state index >= 15 is 0 Å². The maximum Gasteiger partial charge on any atom is 0.251 e. The third-order valence-corrected chi connectivity index (χ3v) is 5.53. The molecule has 0 aliphatic heterocycles. The fraction of sp³-hybridized carbons (Fsp3) is 0.294. The molecular formula is C17H18N4OS2. The van der Waals surface area contributed by atoms with E-state index in [-0.39, 0.29) is 5.91 Å². The number of benzene rings is 1. The van der Waals surface area contributed by atoms with Crippen LogP contribution >= 0.6 is 22.7 Å². The molecule has 0 bridgehead atoms. The highest BCUT2D eigenvalue weighted by atomic mass is 32.1. The van der Waals surface area contributed by atoms with Crippen molar-refractivity contribution in [3.05, 3.63) is 50.5 Å². The fourth-order valence-electron chi connectivity index (χ4n) is 2.40. The number of carbonyl (C=O) groups excluding carboxylic acids is 1. The summed E-state index contributed by atoms with van der Waals surface area (Å²) in [6, 6.07) is 7.66. The molecule has 1 N–H and O–H groups in total. The summed E-state index contributed by atoms with van der Waals surface area (Å²) in [5.74, 6) is -0.0694. The second-order valence-electron chi connectivity index (χ2n) is 5.45. The summed E-state index contributed by atoms with van der Waals surface area (Å²) in [7, 11) is 0. The van der Waals surface area contributed by atoms with Crippen molar-refractivity contribution in [3.63, 3.8) is 0 Å². The van der Waals surface area contributed by atoms with Crippen molar-refractivity contribution in [2.24, 2.45) is 0 Å². The Kier molecular flexibility index (Phi) is 5.01. The van der Waals surface area contributed by atoms with Crippen LogP contribution in [-0.4, -0.2) is 27.6 Å². The van der Waals surface area contributed by atoms with Gasteiger partial charge in [-0.2, -0.15) is 0 Å². The number of thiazole rings is 1. The smallest absolute Gasteiger partial charge is 0.251 e. The van der Waals surface area contributed by atoms with Gasteiger partial charge in [0, 0.05) is 18.5 Å². The Balaban J connectivity index is 1.60. The van der Waals surface area contributed by atoms with Crippen molar-refractivity contribution < 1.29 is 4.79 Å². The van der Waals surface area contributed by atoms with Gasteiger partial charge in [0.05, 0.1) is 15.6 Å². The summed E-state index contributed by atoms with van der Waals surface area (Å²) in [4.78, 5) is 17.8. The minimum absolute atomic E-state index is 0.0694. The summed E-state index contributed by atoms with van der Waals surface area (Å²) < 4.78 is 0. The monoisotopic (exact) mass is 358 g/mol. The van der Waals surface area contributed by atoms with Crippen molar-refractivity contribution in [3.8, 4) is 10.4 Å². The normalized spacial score (nSPS) is 10.8. The summed E-state index contributed by atoms with van der Waals surface area (Å²) in [5, 5.41) is 13.9. The highest BCUT2D eigenvalue weighted by Crippen LogP contribution is 2.29. The highest BCUT2D eigenvalue weighted by Gasteiger charge is 2.10. The molecule has 0 saturated carbocycles. The predicted molar refractivity (Wildman–Crippen MR) is 97.7 cm³/mol. The first-order chi connectivity index (χ1) is 11.5. The number of aryl methyl sites for hydroxylation is 3. The molecule has 0 fully saturated rings. The molecule has 3 rings (SSSR count). The molecule has 5 nitrogen and oxygen atoms in total. The van der Waals surface area contributed by atoms with E-state index in [1.165, 1.54) is 0 Å². The SMILES string of the molecule is Cc1nnc(CCNC(=O)c2ccc(-c3sc(C)nc3C)cc2)s1. The highest BCUT2D eigenvalue weighted by molar-refractivity contribution is 7.15. The van der Waals surface area contributed by atoms with E-state index < -0.39 is 0 Å². The average Bonchev–Trinajstić information content (AvgIpc) is 3.12. The third-order valence-electron chi connectivity index (χ3n) is 3.51. The molecule has 1 aromatic carbocycles. The molecule has 24 heavy (non-hydrogen) atoms.